The number of benzene rings is 2. The Morgan fingerprint density at radius 3 is 2.46 bits per heavy atom. The monoisotopic (exact) mass is 538 g/mol. The van der Waals surface area contributed by atoms with Crippen LogP contribution in [0.15, 0.2) is 47.6 Å². The number of nitrogens with zero attached hydrogens (tertiary/aromatic N) is 4. The predicted octanol–water partition coefficient (Wildman–Crippen LogP) is 2.50. The summed E-state index contributed by atoms with van der Waals surface area (Å²) < 4.78 is 21.5. The fourth-order valence-electron chi connectivity index (χ4n) is 4.82. The first-order chi connectivity index (χ1) is 18.9. The zero-order valence-electron chi connectivity index (χ0n) is 23.2. The predicted molar refractivity (Wildman–Crippen MR) is 147 cm³/mol. The maximum Gasteiger partial charge on any atom is 0.262 e. The molecule has 0 N–H and O–H groups in total. The maximum atomic E-state index is 13.8. The van der Waals surface area contributed by atoms with Crippen LogP contribution in [0.25, 0.3) is 0 Å². The van der Waals surface area contributed by atoms with Gasteiger partial charge >= 0.3 is 0 Å². The van der Waals surface area contributed by atoms with E-state index in [-0.39, 0.29) is 31.0 Å². The van der Waals surface area contributed by atoms with Gasteiger partial charge < -0.3 is 23.8 Å². The number of methoxy groups -OCH3 is 3. The molecule has 0 radical (unpaired) electrons. The number of hydrogen-bond donors (Lipinski definition) is 0. The number of morpholine rings is 1. The molecule has 0 saturated carbocycles. The first kappa shape index (κ1) is 28.5. The molecule has 39 heavy (non-hydrogen) atoms. The Kier molecular flexibility index (Phi) is 9.91. The molecule has 0 aromatic heterocycles. The molecule has 2 heterocycles. The van der Waals surface area contributed by atoms with Crippen LogP contribution in [-0.4, -0.2) is 106 Å². The number of aryl methyl sites for hydroxylation is 1. The molecule has 2 aromatic carbocycles. The Bertz CT molecular complexity index is 1160. The second-order valence-electron chi connectivity index (χ2n) is 9.68. The van der Waals surface area contributed by atoms with Gasteiger partial charge in [-0.3, -0.25) is 14.5 Å². The van der Waals surface area contributed by atoms with E-state index in [0.717, 1.165) is 35.5 Å². The molecule has 210 valence electrons. The third kappa shape index (κ3) is 7.14. The fourth-order valence-corrected chi connectivity index (χ4v) is 4.82. The van der Waals surface area contributed by atoms with Gasteiger partial charge in [-0.2, -0.15) is 5.10 Å². The molecule has 10 heteroatoms. The van der Waals surface area contributed by atoms with Crippen molar-refractivity contribution in [2.75, 3.05) is 73.9 Å². The molecule has 0 aliphatic carbocycles. The van der Waals surface area contributed by atoms with E-state index < -0.39 is 0 Å². The molecule has 2 aliphatic heterocycles. The second-order valence-corrected chi connectivity index (χ2v) is 9.68. The van der Waals surface area contributed by atoms with Gasteiger partial charge in [0.05, 0.1) is 39.2 Å². The van der Waals surface area contributed by atoms with Crippen molar-refractivity contribution >= 4 is 17.5 Å². The topological polar surface area (TPSA) is 93.1 Å². The molecule has 1 saturated heterocycles. The SMILES string of the molecule is COCC(=O)N(CCN1CCOCC1)CC(=O)N1N=C(c2ccc(OC)cc2OC)C[C@H]1c1ccc(C)cc1. The summed E-state index contributed by atoms with van der Waals surface area (Å²) in [5.41, 5.74) is 3.64. The second kappa shape index (κ2) is 13.5. The Morgan fingerprint density at radius 1 is 1.05 bits per heavy atom. The molecule has 2 amide bonds. The van der Waals surface area contributed by atoms with Gasteiger partial charge in [0.15, 0.2) is 0 Å². The maximum absolute atomic E-state index is 13.8. The van der Waals surface area contributed by atoms with Crippen LogP contribution in [0, 0.1) is 6.92 Å². The lowest BCUT2D eigenvalue weighted by atomic mass is 9.97. The first-order valence-corrected chi connectivity index (χ1v) is 13.2. The average molecular weight is 539 g/mol. The lowest BCUT2D eigenvalue weighted by Gasteiger charge is -2.31. The summed E-state index contributed by atoms with van der Waals surface area (Å²) in [5, 5.41) is 6.31. The van der Waals surface area contributed by atoms with E-state index in [9.17, 15) is 9.59 Å². The highest BCUT2D eigenvalue weighted by Gasteiger charge is 2.35. The highest BCUT2D eigenvalue weighted by atomic mass is 16.5. The molecule has 2 aliphatic rings. The number of carbonyl (C=O) groups is 2. The summed E-state index contributed by atoms with van der Waals surface area (Å²) in [6.45, 7) is 5.87. The van der Waals surface area contributed by atoms with E-state index in [1.807, 2.05) is 43.3 Å². The van der Waals surface area contributed by atoms with Crippen LogP contribution < -0.4 is 9.47 Å². The molecule has 1 atom stereocenters. The average Bonchev–Trinajstić information content (AvgIpc) is 3.41. The van der Waals surface area contributed by atoms with Crippen LogP contribution >= 0.6 is 0 Å². The van der Waals surface area contributed by atoms with Crippen LogP contribution in [0.4, 0.5) is 0 Å². The number of hydrazone groups is 1. The van der Waals surface area contributed by atoms with Crippen molar-refractivity contribution in [1.82, 2.24) is 14.8 Å². The lowest BCUT2D eigenvalue weighted by Crippen LogP contribution is -2.47. The van der Waals surface area contributed by atoms with Crippen molar-refractivity contribution in [1.29, 1.82) is 0 Å². The highest BCUT2D eigenvalue weighted by molar-refractivity contribution is 6.05. The molecule has 0 bridgehead atoms. The summed E-state index contributed by atoms with van der Waals surface area (Å²) in [7, 11) is 4.68. The summed E-state index contributed by atoms with van der Waals surface area (Å²) in [6, 6.07) is 13.3. The summed E-state index contributed by atoms with van der Waals surface area (Å²) >= 11 is 0. The number of carbonyl (C=O) groups excluding carboxylic acids is 2. The van der Waals surface area contributed by atoms with E-state index in [4.69, 9.17) is 24.0 Å². The normalized spacial score (nSPS) is 17.6. The Labute approximate surface area is 230 Å². The van der Waals surface area contributed by atoms with Gasteiger partial charge in [-0.15, -0.1) is 0 Å². The third-order valence-electron chi connectivity index (χ3n) is 7.08. The van der Waals surface area contributed by atoms with Crippen LogP contribution in [0.1, 0.15) is 29.2 Å². The minimum Gasteiger partial charge on any atom is -0.497 e. The quantitative estimate of drug-likeness (QED) is 0.434. The molecule has 4 rings (SSSR count). The number of amides is 2. The van der Waals surface area contributed by atoms with Crippen molar-refractivity contribution in [2.45, 2.75) is 19.4 Å². The summed E-state index contributed by atoms with van der Waals surface area (Å²) in [4.78, 5) is 30.5. The zero-order valence-corrected chi connectivity index (χ0v) is 23.2. The van der Waals surface area contributed by atoms with E-state index in [2.05, 4.69) is 4.90 Å². The largest absolute Gasteiger partial charge is 0.497 e. The van der Waals surface area contributed by atoms with Gasteiger partial charge in [0.1, 0.15) is 24.7 Å². The minimum absolute atomic E-state index is 0.0879. The van der Waals surface area contributed by atoms with Gasteiger partial charge in [-0.1, -0.05) is 29.8 Å². The van der Waals surface area contributed by atoms with Crippen molar-refractivity contribution < 1.29 is 28.5 Å². The number of hydrogen-bond acceptors (Lipinski definition) is 8. The zero-order chi connectivity index (χ0) is 27.8. The van der Waals surface area contributed by atoms with Crippen molar-refractivity contribution in [3.63, 3.8) is 0 Å². The van der Waals surface area contributed by atoms with Crippen molar-refractivity contribution in [2.24, 2.45) is 5.10 Å². The van der Waals surface area contributed by atoms with Crippen LogP contribution in [0.3, 0.4) is 0 Å². The molecule has 2 aromatic rings. The smallest absolute Gasteiger partial charge is 0.262 e. The van der Waals surface area contributed by atoms with Crippen molar-refractivity contribution in [3.8, 4) is 11.5 Å². The third-order valence-corrected chi connectivity index (χ3v) is 7.08. The lowest BCUT2D eigenvalue weighted by molar-refractivity contribution is -0.143. The molecular weight excluding hydrogens is 500 g/mol. The molecule has 0 unspecified atom stereocenters. The minimum atomic E-state index is -0.307. The van der Waals surface area contributed by atoms with Gasteiger partial charge in [0.2, 0.25) is 5.91 Å². The van der Waals surface area contributed by atoms with Gasteiger partial charge in [-0.05, 0) is 24.6 Å². The fraction of sp³-hybridized carbons (Fsp3) is 0.483. The van der Waals surface area contributed by atoms with Crippen molar-refractivity contribution in [3.05, 3.63) is 59.2 Å². The Hall–Kier alpha value is -3.47. The molecule has 1 fully saturated rings. The van der Waals surface area contributed by atoms with Gasteiger partial charge in [-0.25, -0.2) is 5.01 Å². The van der Waals surface area contributed by atoms with Gasteiger partial charge in [0.25, 0.3) is 5.91 Å². The van der Waals surface area contributed by atoms with Crippen LogP contribution in [-0.2, 0) is 19.1 Å². The standard InChI is InChI=1S/C29H38N4O6/c1-21-5-7-22(8-6-21)26-18-25(24-10-9-23(37-3)17-27(24)38-4)30-33(26)28(34)19-32(29(35)20-36-2)12-11-31-13-15-39-16-14-31/h5-10,17,26H,11-16,18-20H2,1-4H3/t26-/m0/s1. The highest BCUT2D eigenvalue weighted by Crippen LogP contribution is 2.36. The molecular formula is C29H38N4O6. The Morgan fingerprint density at radius 2 is 1.79 bits per heavy atom. The van der Waals surface area contributed by atoms with E-state index in [1.165, 1.54) is 12.1 Å². The van der Waals surface area contributed by atoms with E-state index >= 15 is 0 Å². The van der Waals surface area contributed by atoms with Crippen LogP contribution in [0.5, 0.6) is 11.5 Å². The van der Waals surface area contributed by atoms with E-state index in [0.29, 0.717) is 44.2 Å². The molecule has 10 nitrogen and oxygen atoms in total. The van der Waals surface area contributed by atoms with Crippen LogP contribution in [0.2, 0.25) is 0 Å². The number of ether oxygens (including phenoxy) is 4. The first-order valence-electron chi connectivity index (χ1n) is 13.2. The van der Waals surface area contributed by atoms with Gasteiger partial charge in [0, 0.05) is 51.3 Å². The summed E-state index contributed by atoms with van der Waals surface area (Å²) in [5.74, 6) is 0.804. The van der Waals surface area contributed by atoms with E-state index in [1.54, 1.807) is 25.2 Å². The Balaban J connectivity index is 1.59. The number of rotatable bonds is 11. The summed E-state index contributed by atoms with van der Waals surface area (Å²) in [6.07, 6.45) is 0.511. The molecule has 0 spiro atoms.